The van der Waals surface area contributed by atoms with Gasteiger partial charge in [-0.2, -0.15) is 26.3 Å². The molecule has 13 nitrogen and oxygen atoms in total. The van der Waals surface area contributed by atoms with Gasteiger partial charge in [-0.05, 0) is 83.1 Å². The van der Waals surface area contributed by atoms with Crippen LogP contribution in [0.25, 0.3) is 45.3 Å². The quantitative estimate of drug-likeness (QED) is 0.118. The number of hydrogen-bond donors (Lipinski definition) is 2. The molecule has 0 spiro atoms. The molecule has 2 N–H and O–H groups in total. The molecule has 81 heavy (non-hydrogen) atoms. The Balaban J connectivity index is 0.000000334. The van der Waals surface area contributed by atoms with E-state index >= 15 is 0 Å². The Hall–Kier alpha value is -8.11. The maximum absolute atomic E-state index is 13.2. The largest absolute Gasteiger partial charge is 0.477 e. The topological polar surface area (TPSA) is 192 Å². The summed E-state index contributed by atoms with van der Waals surface area (Å²) in [7, 11) is 0. The molecular weight excluding hydrogens is 1620 g/mol. The predicted octanol–water partition coefficient (Wildman–Crippen LogP) is 12.6. The molecule has 10 rings (SSSR count). The van der Waals surface area contributed by atoms with Crippen molar-refractivity contribution in [1.29, 1.82) is 0 Å². The number of aromatic carboxylic acids is 2. The number of hydrogen-bond acceptors (Lipinski definition) is 10. The Labute approximate surface area is 495 Å². The summed E-state index contributed by atoms with van der Waals surface area (Å²) in [5.74, 6) is -5.92. The van der Waals surface area contributed by atoms with Crippen molar-refractivity contribution in [2.24, 2.45) is 0 Å². The van der Waals surface area contributed by atoms with Gasteiger partial charge in [-0.25, -0.2) is 19.6 Å². The van der Waals surface area contributed by atoms with Crippen molar-refractivity contribution in [1.82, 2.24) is 45.1 Å². The van der Waals surface area contributed by atoms with Gasteiger partial charge in [0.05, 0.1) is 5.69 Å². The van der Waals surface area contributed by atoms with E-state index < -0.39 is 58.9 Å². The van der Waals surface area contributed by atoms with Crippen LogP contribution >= 0.6 is 0 Å². The van der Waals surface area contributed by atoms with Crippen LogP contribution in [0.5, 0.6) is 0 Å². The Morgan fingerprint density at radius 1 is 0.494 bits per heavy atom. The summed E-state index contributed by atoms with van der Waals surface area (Å²) in [6.07, 6.45) is 0.0259. The van der Waals surface area contributed by atoms with Crippen molar-refractivity contribution < 1.29 is 124 Å². The molecule has 425 valence electrons. The molecule has 0 unspecified atom stereocenters. The average molecular weight is 1650 g/mol. The van der Waals surface area contributed by atoms with E-state index in [0.717, 1.165) is 30.3 Å². The van der Waals surface area contributed by atoms with Gasteiger partial charge < -0.3 is 35.2 Å². The molecule has 10 aromatic rings. The molecule has 0 aliphatic carbocycles. The van der Waals surface area contributed by atoms with E-state index in [2.05, 4.69) is 63.3 Å². The molecule has 0 aliphatic rings. The van der Waals surface area contributed by atoms with Crippen LogP contribution in [0.15, 0.2) is 183 Å². The summed E-state index contributed by atoms with van der Waals surface area (Å²) in [6, 6.07) is 43.5. The number of halogens is 10. The van der Waals surface area contributed by atoms with Crippen LogP contribution in [0.3, 0.4) is 0 Å². The zero-order valence-corrected chi connectivity index (χ0v) is 48.0. The summed E-state index contributed by atoms with van der Waals surface area (Å²) in [5, 5.41) is 22.9. The first-order valence-electron chi connectivity index (χ1n) is 21.9. The zero-order chi connectivity index (χ0) is 56.7. The maximum Gasteiger partial charge on any atom is 0.429 e. The molecule has 3 radical (unpaired) electrons. The number of aromatic nitrogens is 9. The number of carboxylic acids is 2. The number of benzene rings is 3. The Morgan fingerprint density at radius 2 is 0.877 bits per heavy atom. The van der Waals surface area contributed by atoms with E-state index in [-0.39, 0.29) is 94.3 Å². The van der Waals surface area contributed by atoms with Crippen molar-refractivity contribution in [3.05, 3.63) is 253 Å². The van der Waals surface area contributed by atoms with Crippen molar-refractivity contribution in [3.8, 4) is 45.3 Å². The standard InChI is InChI=1S/C13H9F3N.2C11H6F2N.C8H4F3N4.2C6H5NO2.3Ir/c1-9-6-10(12-4-2-3-5-17-12)8-11(7-9)13(14,15)16;2*12-8-4-5-9(10(13)7-8)11-3-1-2-6-14-11;9-8(10,11)7-13-6(14-15-7)5-3-1-2-4-12-5;2*8-6(9)5-3-1-2-4-7-5;;;/h2-7H,1H3;2*1-4,6-7H;1-4H;2*1-4H,(H,8,9);;;/q4*-1;;;;;. The van der Waals surface area contributed by atoms with E-state index in [4.69, 9.17) is 10.2 Å². The Bertz CT molecular complexity index is 3320. The zero-order valence-electron chi connectivity index (χ0n) is 40.8. The number of alkyl halides is 6. The molecule has 7 heterocycles. The average Bonchev–Trinajstić information content (AvgIpc) is 3.96. The van der Waals surface area contributed by atoms with Crippen LogP contribution in [-0.4, -0.2) is 62.1 Å². The summed E-state index contributed by atoms with van der Waals surface area (Å²) in [6.45, 7) is 1.62. The fraction of sp³-hybridized carbons (Fsp3) is 0.0545. The van der Waals surface area contributed by atoms with E-state index in [1.54, 1.807) is 123 Å². The molecule has 0 saturated heterocycles. The van der Waals surface area contributed by atoms with Crippen molar-refractivity contribution in [3.63, 3.8) is 0 Å². The first kappa shape index (κ1) is 69.0. The third kappa shape index (κ3) is 23.3. The third-order valence-electron chi connectivity index (χ3n) is 9.18. The van der Waals surface area contributed by atoms with Crippen molar-refractivity contribution in [2.45, 2.75) is 19.3 Å². The molecule has 0 bridgehead atoms. The molecule has 26 heteroatoms. The number of rotatable bonds is 6. The van der Waals surface area contributed by atoms with E-state index in [1.807, 2.05) is 0 Å². The minimum absolute atomic E-state index is 0. The second-order valence-corrected chi connectivity index (χ2v) is 14.9. The van der Waals surface area contributed by atoms with Gasteiger partial charge in [-0.15, -0.1) is 53.6 Å². The molecule has 0 aliphatic heterocycles. The van der Waals surface area contributed by atoms with Gasteiger partial charge in [0.25, 0.3) is 0 Å². The minimum atomic E-state index is -4.57. The van der Waals surface area contributed by atoms with Crippen molar-refractivity contribution in [2.75, 3.05) is 0 Å². The van der Waals surface area contributed by atoms with Gasteiger partial charge in [0.2, 0.25) is 0 Å². The first-order valence-corrected chi connectivity index (χ1v) is 21.9. The van der Waals surface area contributed by atoms with Gasteiger partial charge in [-0.3, -0.25) is 27.6 Å². The normalized spacial score (nSPS) is 10.1. The SMILES string of the molecule is Cc1cc(-c2ccccn2)[c-]c(C(F)(F)F)c1.FC(F)(F)c1n[n-]c(-c2ccccn2)n1.Fc1c[c-]c(-c2ccccn2)c(F)c1.Fc1c[c-]c(-c2ccccn2)c(F)c1.O=C(O)c1ccccn1.O=C(O)c1ccccn1.[Ir].[Ir].[Ir]. The van der Waals surface area contributed by atoms with Gasteiger partial charge >= 0.3 is 24.3 Å². The maximum atomic E-state index is 13.2. The van der Waals surface area contributed by atoms with Crippen LogP contribution in [0, 0.1) is 48.4 Å². The fourth-order valence-corrected chi connectivity index (χ4v) is 5.77. The monoisotopic (exact) mass is 1650 g/mol. The molecule has 0 atom stereocenters. The van der Waals surface area contributed by atoms with Gasteiger partial charge in [0.15, 0.2) is 0 Å². The smallest absolute Gasteiger partial charge is 0.429 e. The van der Waals surface area contributed by atoms with Crippen LogP contribution in [-0.2, 0) is 72.7 Å². The molecule has 0 fully saturated rings. The van der Waals surface area contributed by atoms with Gasteiger partial charge in [0, 0.05) is 121 Å². The second-order valence-electron chi connectivity index (χ2n) is 14.9. The molecule has 0 amide bonds. The Kier molecular flexibility index (Phi) is 29.1. The van der Waals surface area contributed by atoms with Crippen LogP contribution in [0.2, 0.25) is 0 Å². The van der Waals surface area contributed by atoms with E-state index in [0.29, 0.717) is 28.2 Å². The third-order valence-corrected chi connectivity index (χ3v) is 9.18. The summed E-state index contributed by atoms with van der Waals surface area (Å²) >= 11 is 0. The number of carbonyl (C=O) groups is 2. The summed E-state index contributed by atoms with van der Waals surface area (Å²) in [5.41, 5.74) is 2.32. The van der Waals surface area contributed by atoms with Crippen molar-refractivity contribution >= 4 is 11.9 Å². The van der Waals surface area contributed by atoms with Crippen LogP contribution in [0.1, 0.15) is 37.9 Å². The minimum Gasteiger partial charge on any atom is -0.477 e. The number of nitrogens with zero attached hydrogens (tertiary/aromatic N) is 9. The second kappa shape index (κ2) is 34.1. The van der Waals surface area contributed by atoms with Gasteiger partial charge in [0.1, 0.15) is 17.2 Å². The van der Waals surface area contributed by atoms with Gasteiger partial charge in [-0.1, -0.05) is 84.8 Å². The molecule has 7 aromatic heterocycles. The number of aryl methyl sites for hydroxylation is 1. The summed E-state index contributed by atoms with van der Waals surface area (Å²) < 4.78 is 126. The van der Waals surface area contributed by atoms with Crippen LogP contribution < -0.4 is 5.10 Å². The molecule has 0 saturated carbocycles. The number of carboxylic acid groups (broad SMARTS) is 2. The molecule has 3 aromatic carbocycles. The predicted molar refractivity (Wildman–Crippen MR) is 261 cm³/mol. The molecular formula is C55H35F10Ir3N9O4-4. The summed E-state index contributed by atoms with van der Waals surface area (Å²) in [4.78, 5) is 46.4. The van der Waals surface area contributed by atoms with E-state index in [1.165, 1.54) is 36.8 Å². The fourth-order valence-electron chi connectivity index (χ4n) is 5.77. The van der Waals surface area contributed by atoms with E-state index in [9.17, 15) is 53.5 Å². The van der Waals surface area contributed by atoms with Crippen LogP contribution in [0.4, 0.5) is 43.9 Å². The first-order chi connectivity index (χ1) is 37.2. The Morgan fingerprint density at radius 3 is 1.19 bits per heavy atom. The number of pyridine rings is 6.